The highest BCUT2D eigenvalue weighted by Gasteiger charge is 2.12. The van der Waals surface area contributed by atoms with Crippen LogP contribution in [0.2, 0.25) is 0 Å². The molecule has 0 aliphatic heterocycles. The molecular formula is C14H21NO. The molecule has 2 heteroatoms. The monoisotopic (exact) mass is 219 g/mol. The van der Waals surface area contributed by atoms with Crippen molar-refractivity contribution in [3.05, 3.63) is 29.3 Å². The lowest BCUT2D eigenvalue weighted by atomic mass is 10.1. The van der Waals surface area contributed by atoms with Crippen molar-refractivity contribution >= 4 is 0 Å². The van der Waals surface area contributed by atoms with E-state index in [-0.39, 0.29) is 6.10 Å². The third kappa shape index (κ3) is 2.76. The number of aryl methyl sites for hydroxylation is 2. The first-order valence-electron chi connectivity index (χ1n) is 6.22. The molecule has 0 fully saturated rings. The lowest BCUT2D eigenvalue weighted by Crippen LogP contribution is -2.19. The van der Waals surface area contributed by atoms with Crippen LogP contribution in [-0.2, 0) is 12.8 Å². The van der Waals surface area contributed by atoms with Gasteiger partial charge in [0.25, 0.3) is 0 Å². The number of ether oxygens (including phenoxy) is 1. The number of fused-ring (bicyclic) bond motifs is 1. The average Bonchev–Trinajstić information content (AvgIpc) is 2.73. The first kappa shape index (κ1) is 11.5. The predicted octanol–water partition coefficient (Wildman–Crippen LogP) is 2.55. The van der Waals surface area contributed by atoms with Crippen molar-refractivity contribution in [2.75, 3.05) is 13.6 Å². The molecule has 1 unspecified atom stereocenters. The highest BCUT2D eigenvalue weighted by molar-refractivity contribution is 5.38. The van der Waals surface area contributed by atoms with Crippen LogP contribution in [0, 0.1) is 0 Å². The van der Waals surface area contributed by atoms with Crippen molar-refractivity contribution in [2.24, 2.45) is 0 Å². The molecule has 16 heavy (non-hydrogen) atoms. The molecule has 0 amide bonds. The highest BCUT2D eigenvalue weighted by Crippen LogP contribution is 2.26. The minimum Gasteiger partial charge on any atom is -0.491 e. The van der Waals surface area contributed by atoms with Gasteiger partial charge in [0.1, 0.15) is 5.75 Å². The highest BCUT2D eigenvalue weighted by atomic mass is 16.5. The third-order valence-corrected chi connectivity index (χ3v) is 3.21. The van der Waals surface area contributed by atoms with E-state index >= 15 is 0 Å². The number of rotatable bonds is 5. The fourth-order valence-electron chi connectivity index (χ4n) is 2.26. The first-order valence-corrected chi connectivity index (χ1v) is 6.22. The summed E-state index contributed by atoms with van der Waals surface area (Å²) in [7, 11) is 1.97. The van der Waals surface area contributed by atoms with Crippen LogP contribution in [0.4, 0.5) is 0 Å². The van der Waals surface area contributed by atoms with E-state index in [4.69, 9.17) is 4.74 Å². The van der Waals surface area contributed by atoms with Gasteiger partial charge in [-0.05, 0) is 69.5 Å². The molecule has 1 aliphatic carbocycles. The van der Waals surface area contributed by atoms with Gasteiger partial charge in [-0.1, -0.05) is 6.07 Å². The van der Waals surface area contributed by atoms with E-state index < -0.39 is 0 Å². The first-order chi connectivity index (χ1) is 7.79. The van der Waals surface area contributed by atoms with Gasteiger partial charge in [-0.15, -0.1) is 0 Å². The summed E-state index contributed by atoms with van der Waals surface area (Å²) in [5.41, 5.74) is 2.99. The zero-order chi connectivity index (χ0) is 11.4. The van der Waals surface area contributed by atoms with Crippen molar-refractivity contribution in [1.29, 1.82) is 0 Å². The van der Waals surface area contributed by atoms with Gasteiger partial charge < -0.3 is 10.1 Å². The van der Waals surface area contributed by atoms with Gasteiger partial charge in [-0.3, -0.25) is 0 Å². The second-order valence-electron chi connectivity index (χ2n) is 4.60. The molecule has 1 aromatic rings. The topological polar surface area (TPSA) is 21.3 Å². The van der Waals surface area contributed by atoms with Gasteiger partial charge in [0, 0.05) is 0 Å². The molecule has 0 saturated heterocycles. The Hall–Kier alpha value is -1.02. The van der Waals surface area contributed by atoms with Crippen molar-refractivity contribution < 1.29 is 4.74 Å². The molecule has 2 nitrogen and oxygen atoms in total. The van der Waals surface area contributed by atoms with Crippen LogP contribution >= 0.6 is 0 Å². The molecule has 1 N–H and O–H groups in total. The Labute approximate surface area is 98.0 Å². The van der Waals surface area contributed by atoms with Crippen LogP contribution in [0.15, 0.2) is 18.2 Å². The van der Waals surface area contributed by atoms with Crippen LogP contribution in [0.1, 0.15) is 30.9 Å². The molecule has 88 valence electrons. The molecule has 0 heterocycles. The fourth-order valence-corrected chi connectivity index (χ4v) is 2.26. The van der Waals surface area contributed by atoms with Crippen molar-refractivity contribution in [3.63, 3.8) is 0 Å². The summed E-state index contributed by atoms with van der Waals surface area (Å²) in [6.45, 7) is 3.14. The average molecular weight is 219 g/mol. The Morgan fingerprint density at radius 2 is 2.12 bits per heavy atom. The van der Waals surface area contributed by atoms with E-state index in [9.17, 15) is 0 Å². The molecule has 2 rings (SSSR count). The van der Waals surface area contributed by atoms with Crippen LogP contribution in [0.5, 0.6) is 5.75 Å². The molecule has 0 bridgehead atoms. The molecule has 0 saturated carbocycles. The van der Waals surface area contributed by atoms with E-state index in [2.05, 4.69) is 30.4 Å². The molecule has 0 spiro atoms. The lowest BCUT2D eigenvalue weighted by molar-refractivity contribution is 0.211. The maximum absolute atomic E-state index is 5.90. The third-order valence-electron chi connectivity index (χ3n) is 3.21. The quantitative estimate of drug-likeness (QED) is 0.821. The van der Waals surface area contributed by atoms with Crippen molar-refractivity contribution in [2.45, 2.75) is 38.7 Å². The second kappa shape index (κ2) is 5.35. The minimum atomic E-state index is 0.284. The van der Waals surface area contributed by atoms with Gasteiger partial charge in [0.05, 0.1) is 6.10 Å². The number of nitrogens with one attached hydrogen (secondary N) is 1. The summed E-state index contributed by atoms with van der Waals surface area (Å²) in [6.07, 6.45) is 5.09. The molecule has 1 atom stereocenters. The molecule has 0 radical (unpaired) electrons. The SMILES string of the molecule is CNCCC(C)Oc1ccc2c(c1)CCC2. The smallest absolute Gasteiger partial charge is 0.119 e. The standard InChI is InChI=1S/C14H21NO/c1-11(8-9-15-2)16-14-7-6-12-4-3-5-13(12)10-14/h6-7,10-11,15H,3-5,8-9H2,1-2H3. The van der Waals surface area contributed by atoms with Gasteiger partial charge >= 0.3 is 0 Å². The molecule has 1 aliphatic rings. The zero-order valence-corrected chi connectivity index (χ0v) is 10.3. The second-order valence-corrected chi connectivity index (χ2v) is 4.60. The van der Waals surface area contributed by atoms with Crippen molar-refractivity contribution in [1.82, 2.24) is 5.32 Å². The van der Waals surface area contributed by atoms with Crippen molar-refractivity contribution in [3.8, 4) is 5.75 Å². The maximum atomic E-state index is 5.90. The number of hydrogen-bond donors (Lipinski definition) is 1. The summed E-state index contributed by atoms with van der Waals surface area (Å²) in [5.74, 6) is 1.03. The minimum absolute atomic E-state index is 0.284. The summed E-state index contributed by atoms with van der Waals surface area (Å²) in [5, 5.41) is 3.15. The summed E-state index contributed by atoms with van der Waals surface area (Å²) >= 11 is 0. The maximum Gasteiger partial charge on any atom is 0.119 e. The van der Waals surface area contributed by atoms with E-state index in [0.29, 0.717) is 0 Å². The van der Waals surface area contributed by atoms with Crippen LogP contribution in [-0.4, -0.2) is 19.7 Å². The van der Waals surface area contributed by atoms with Gasteiger partial charge in [0.15, 0.2) is 0 Å². The van der Waals surface area contributed by atoms with E-state index in [1.165, 1.54) is 30.4 Å². The van der Waals surface area contributed by atoms with Gasteiger partial charge in [-0.25, -0.2) is 0 Å². The Bertz CT molecular complexity index is 349. The molecular weight excluding hydrogens is 198 g/mol. The zero-order valence-electron chi connectivity index (χ0n) is 10.3. The summed E-state index contributed by atoms with van der Waals surface area (Å²) < 4.78 is 5.90. The lowest BCUT2D eigenvalue weighted by Gasteiger charge is -2.15. The van der Waals surface area contributed by atoms with E-state index in [0.717, 1.165) is 18.7 Å². The Morgan fingerprint density at radius 3 is 2.94 bits per heavy atom. The van der Waals surface area contributed by atoms with E-state index in [1.807, 2.05) is 7.05 Å². The Balaban J connectivity index is 1.94. The Kier molecular flexibility index (Phi) is 3.83. The normalized spacial score (nSPS) is 15.9. The molecule has 1 aromatic carbocycles. The molecule has 0 aromatic heterocycles. The largest absolute Gasteiger partial charge is 0.491 e. The van der Waals surface area contributed by atoms with Crippen LogP contribution in [0.25, 0.3) is 0 Å². The summed E-state index contributed by atoms with van der Waals surface area (Å²) in [6, 6.07) is 6.56. The number of hydrogen-bond acceptors (Lipinski definition) is 2. The summed E-state index contributed by atoms with van der Waals surface area (Å²) in [4.78, 5) is 0. The van der Waals surface area contributed by atoms with E-state index in [1.54, 1.807) is 0 Å². The predicted molar refractivity (Wildman–Crippen MR) is 67.1 cm³/mol. The van der Waals surface area contributed by atoms with Crippen LogP contribution in [0.3, 0.4) is 0 Å². The van der Waals surface area contributed by atoms with Gasteiger partial charge in [-0.2, -0.15) is 0 Å². The Morgan fingerprint density at radius 1 is 1.31 bits per heavy atom. The van der Waals surface area contributed by atoms with Crippen LogP contribution < -0.4 is 10.1 Å². The van der Waals surface area contributed by atoms with Gasteiger partial charge in [0.2, 0.25) is 0 Å². The number of benzene rings is 1. The fraction of sp³-hybridized carbons (Fsp3) is 0.571.